The average molecular weight is 381 g/mol. The number of esters is 1. The second kappa shape index (κ2) is 7.74. The van der Waals surface area contributed by atoms with E-state index in [1.54, 1.807) is 0 Å². The molecule has 0 saturated heterocycles. The molecule has 2 aromatic carbocycles. The quantitative estimate of drug-likeness (QED) is 0.777. The summed E-state index contributed by atoms with van der Waals surface area (Å²) in [6.07, 6.45) is 0. The molecule has 6 nitrogen and oxygen atoms in total. The van der Waals surface area contributed by atoms with Crippen molar-refractivity contribution in [2.45, 2.75) is 18.7 Å². The van der Waals surface area contributed by atoms with Crippen molar-refractivity contribution in [3.63, 3.8) is 0 Å². The summed E-state index contributed by atoms with van der Waals surface area (Å²) in [5.41, 5.74) is 0.0503. The molecular formula is C18H20FNO5S. The van der Waals surface area contributed by atoms with Crippen molar-refractivity contribution >= 4 is 21.7 Å². The summed E-state index contributed by atoms with van der Waals surface area (Å²) in [5.74, 6) is -1.67. The Morgan fingerprint density at radius 3 is 2.35 bits per heavy atom. The molecule has 140 valence electrons. The van der Waals surface area contributed by atoms with Gasteiger partial charge in [0.1, 0.15) is 17.1 Å². The largest absolute Gasteiger partial charge is 0.507 e. The van der Waals surface area contributed by atoms with Gasteiger partial charge in [0.2, 0.25) is 0 Å². The number of anilines is 1. The minimum absolute atomic E-state index is 0.0272. The maximum Gasteiger partial charge on any atom is 0.341 e. The number of phenolic OH excluding ortho intramolecular Hbond substituents is 1. The minimum atomic E-state index is -4.00. The number of benzene rings is 2. The highest BCUT2D eigenvalue weighted by Crippen LogP contribution is 2.29. The summed E-state index contributed by atoms with van der Waals surface area (Å²) in [4.78, 5) is 11.7. The Bertz CT molecular complexity index is 894. The van der Waals surface area contributed by atoms with Gasteiger partial charge in [-0.25, -0.2) is 17.6 Å². The number of ether oxygens (including phenoxy) is 1. The van der Waals surface area contributed by atoms with Crippen molar-refractivity contribution in [1.29, 1.82) is 0 Å². The Kier molecular flexibility index (Phi) is 5.86. The van der Waals surface area contributed by atoms with Gasteiger partial charge in [-0.1, -0.05) is 13.8 Å². The smallest absolute Gasteiger partial charge is 0.341 e. The first kappa shape index (κ1) is 19.7. The van der Waals surface area contributed by atoms with E-state index in [0.29, 0.717) is 0 Å². The number of carbonyl (C=O) groups is 1. The molecule has 0 aliphatic carbocycles. The summed E-state index contributed by atoms with van der Waals surface area (Å²) >= 11 is 0. The molecule has 0 bridgehead atoms. The number of sulfonamides is 1. The molecule has 0 amide bonds. The van der Waals surface area contributed by atoms with Crippen molar-refractivity contribution in [2.24, 2.45) is 5.92 Å². The van der Waals surface area contributed by atoms with E-state index in [1.807, 2.05) is 13.8 Å². The molecule has 2 rings (SSSR count). The van der Waals surface area contributed by atoms with E-state index in [4.69, 9.17) is 0 Å². The standard InChI is InChI=1S/C18H20FNO5S/c1-12(2)11-20(26(23,24)15-7-4-13(19)5-8-15)14-6-9-17(21)16(10-14)18(22)25-3/h4-10,12,21H,11H2,1-3H3. The van der Waals surface area contributed by atoms with Gasteiger partial charge in [0.15, 0.2) is 0 Å². The molecule has 1 N–H and O–H groups in total. The number of nitrogens with zero attached hydrogens (tertiary/aromatic N) is 1. The number of phenols is 1. The van der Waals surface area contributed by atoms with E-state index < -0.39 is 21.8 Å². The lowest BCUT2D eigenvalue weighted by Gasteiger charge is -2.26. The molecule has 0 heterocycles. The Balaban J connectivity index is 2.58. The number of carbonyl (C=O) groups excluding carboxylic acids is 1. The van der Waals surface area contributed by atoms with Crippen molar-refractivity contribution in [3.05, 3.63) is 53.8 Å². The zero-order valence-electron chi connectivity index (χ0n) is 14.6. The van der Waals surface area contributed by atoms with Gasteiger partial charge in [-0.05, 0) is 48.4 Å². The molecule has 0 unspecified atom stereocenters. The summed E-state index contributed by atoms with van der Waals surface area (Å²) in [7, 11) is -2.83. The maximum absolute atomic E-state index is 13.1. The van der Waals surface area contributed by atoms with E-state index in [9.17, 15) is 22.7 Å². The predicted molar refractivity (Wildman–Crippen MR) is 95.2 cm³/mol. The third-order valence-corrected chi connectivity index (χ3v) is 5.41. The molecule has 0 spiro atoms. The lowest BCUT2D eigenvalue weighted by Crippen LogP contribution is -2.34. The molecular weight excluding hydrogens is 361 g/mol. The third kappa shape index (κ3) is 4.13. The monoisotopic (exact) mass is 381 g/mol. The number of rotatable bonds is 6. The fraction of sp³-hybridized carbons (Fsp3) is 0.278. The number of halogens is 1. The predicted octanol–water partition coefficient (Wildman–Crippen LogP) is 3.17. The number of aromatic hydroxyl groups is 1. The summed E-state index contributed by atoms with van der Waals surface area (Å²) in [6, 6.07) is 8.37. The van der Waals surface area contributed by atoms with E-state index in [-0.39, 0.29) is 34.4 Å². The van der Waals surface area contributed by atoms with Gasteiger partial charge in [0.25, 0.3) is 10.0 Å². The average Bonchev–Trinajstić information content (AvgIpc) is 2.59. The lowest BCUT2D eigenvalue weighted by molar-refractivity contribution is 0.0597. The third-order valence-electron chi connectivity index (χ3n) is 3.61. The van der Waals surface area contributed by atoms with Gasteiger partial charge in [-0.15, -0.1) is 0 Å². The van der Waals surface area contributed by atoms with Crippen LogP contribution in [0.15, 0.2) is 47.4 Å². The van der Waals surface area contributed by atoms with Crippen LogP contribution in [0.1, 0.15) is 24.2 Å². The summed E-state index contributed by atoms with van der Waals surface area (Å²) < 4.78 is 45.0. The van der Waals surface area contributed by atoms with Crippen LogP contribution in [0.4, 0.5) is 10.1 Å². The highest BCUT2D eigenvalue weighted by molar-refractivity contribution is 7.92. The normalized spacial score (nSPS) is 11.4. The zero-order chi connectivity index (χ0) is 19.5. The van der Waals surface area contributed by atoms with Crippen molar-refractivity contribution in [1.82, 2.24) is 0 Å². The Hall–Kier alpha value is -2.61. The molecule has 0 aromatic heterocycles. The molecule has 0 saturated carbocycles. The number of hydrogen-bond donors (Lipinski definition) is 1. The van der Waals surface area contributed by atoms with Crippen LogP contribution in [0.3, 0.4) is 0 Å². The first-order chi connectivity index (χ1) is 12.2. The Labute approximate surface area is 151 Å². The van der Waals surface area contributed by atoms with Gasteiger partial charge < -0.3 is 9.84 Å². The molecule has 0 aliphatic rings. The van der Waals surface area contributed by atoms with Crippen LogP contribution in [0.5, 0.6) is 5.75 Å². The van der Waals surface area contributed by atoms with Crippen LogP contribution >= 0.6 is 0 Å². The SMILES string of the molecule is COC(=O)c1cc(N(CC(C)C)S(=O)(=O)c2ccc(F)cc2)ccc1O. The van der Waals surface area contributed by atoms with Crippen LogP contribution in [0.2, 0.25) is 0 Å². The second-order valence-electron chi connectivity index (χ2n) is 6.08. The van der Waals surface area contributed by atoms with Crippen LogP contribution in [-0.2, 0) is 14.8 Å². The van der Waals surface area contributed by atoms with Crippen LogP contribution in [0, 0.1) is 11.7 Å². The fourth-order valence-electron chi connectivity index (χ4n) is 2.36. The van der Waals surface area contributed by atoms with Gasteiger partial charge >= 0.3 is 5.97 Å². The van der Waals surface area contributed by atoms with Crippen molar-refractivity contribution in [3.8, 4) is 5.75 Å². The first-order valence-electron chi connectivity index (χ1n) is 7.86. The van der Waals surface area contributed by atoms with Crippen LogP contribution in [-0.4, -0.2) is 33.1 Å². The van der Waals surface area contributed by atoms with Gasteiger partial charge in [0, 0.05) is 6.54 Å². The molecule has 0 atom stereocenters. The fourth-order valence-corrected chi connectivity index (χ4v) is 3.98. The molecule has 2 aromatic rings. The van der Waals surface area contributed by atoms with E-state index in [2.05, 4.69) is 4.74 Å². The highest BCUT2D eigenvalue weighted by Gasteiger charge is 2.27. The van der Waals surface area contributed by atoms with Gasteiger partial charge in [-0.2, -0.15) is 0 Å². The van der Waals surface area contributed by atoms with Gasteiger partial charge in [0.05, 0.1) is 17.7 Å². The zero-order valence-corrected chi connectivity index (χ0v) is 15.5. The Morgan fingerprint density at radius 2 is 1.81 bits per heavy atom. The summed E-state index contributed by atoms with van der Waals surface area (Å²) in [5, 5.41) is 9.84. The molecule has 8 heteroatoms. The number of hydrogen-bond acceptors (Lipinski definition) is 5. The minimum Gasteiger partial charge on any atom is -0.507 e. The molecule has 0 fully saturated rings. The first-order valence-corrected chi connectivity index (χ1v) is 9.30. The lowest BCUT2D eigenvalue weighted by atomic mass is 10.1. The molecule has 26 heavy (non-hydrogen) atoms. The van der Waals surface area contributed by atoms with Crippen molar-refractivity contribution < 1.29 is 27.4 Å². The highest BCUT2D eigenvalue weighted by atomic mass is 32.2. The molecule has 0 radical (unpaired) electrons. The Morgan fingerprint density at radius 1 is 1.19 bits per heavy atom. The van der Waals surface area contributed by atoms with Crippen molar-refractivity contribution in [2.75, 3.05) is 18.0 Å². The maximum atomic E-state index is 13.1. The topological polar surface area (TPSA) is 83.9 Å². The van der Waals surface area contributed by atoms with E-state index in [1.165, 1.54) is 30.3 Å². The van der Waals surface area contributed by atoms with Crippen LogP contribution in [0.25, 0.3) is 0 Å². The molecule has 0 aliphatic heterocycles. The number of methoxy groups -OCH3 is 1. The van der Waals surface area contributed by atoms with Gasteiger partial charge in [-0.3, -0.25) is 4.31 Å². The van der Waals surface area contributed by atoms with E-state index in [0.717, 1.165) is 23.5 Å². The van der Waals surface area contributed by atoms with Crippen LogP contribution < -0.4 is 4.31 Å². The second-order valence-corrected chi connectivity index (χ2v) is 7.94. The summed E-state index contributed by atoms with van der Waals surface area (Å²) in [6.45, 7) is 3.81. The van der Waals surface area contributed by atoms with E-state index >= 15 is 0 Å².